The molecular weight excluding hydrogens is 290 g/mol. The lowest BCUT2D eigenvalue weighted by Gasteiger charge is -2.35. The number of nitrogens with zero attached hydrogens (tertiary/aromatic N) is 1. The predicted octanol–water partition coefficient (Wildman–Crippen LogP) is 4.72. The van der Waals surface area contributed by atoms with Crippen LogP contribution in [0.25, 0.3) is 10.8 Å². The standard InChI is InChI=1S/C19H23NOS/c1-2-17-9-5-6-12-20(17)19(21)14-22-18-11-10-15-7-3-4-8-16(15)13-18/h3-4,7-8,10-11,13,17H,2,5-6,9,12,14H2,1H3. The van der Waals surface area contributed by atoms with Crippen molar-refractivity contribution >= 4 is 28.4 Å². The Balaban J connectivity index is 1.64. The number of rotatable bonds is 4. The molecule has 1 unspecified atom stereocenters. The summed E-state index contributed by atoms with van der Waals surface area (Å²) in [4.78, 5) is 15.8. The molecule has 1 heterocycles. The van der Waals surface area contributed by atoms with E-state index in [-0.39, 0.29) is 0 Å². The second kappa shape index (κ2) is 7.19. The molecule has 1 atom stereocenters. The van der Waals surface area contributed by atoms with Crippen molar-refractivity contribution in [1.82, 2.24) is 4.90 Å². The summed E-state index contributed by atoms with van der Waals surface area (Å²) < 4.78 is 0. The van der Waals surface area contributed by atoms with Gasteiger partial charge in [0.2, 0.25) is 5.91 Å². The normalized spacial score (nSPS) is 18.6. The van der Waals surface area contributed by atoms with Gasteiger partial charge in [0.25, 0.3) is 0 Å². The van der Waals surface area contributed by atoms with E-state index in [9.17, 15) is 4.79 Å². The summed E-state index contributed by atoms with van der Waals surface area (Å²) in [5.41, 5.74) is 0. The summed E-state index contributed by atoms with van der Waals surface area (Å²) in [6, 6.07) is 15.2. The maximum atomic E-state index is 12.5. The minimum Gasteiger partial charge on any atom is -0.339 e. The molecule has 3 rings (SSSR count). The molecule has 2 aromatic carbocycles. The van der Waals surface area contributed by atoms with Gasteiger partial charge in [-0.1, -0.05) is 37.3 Å². The molecule has 2 nitrogen and oxygen atoms in total. The number of fused-ring (bicyclic) bond motifs is 1. The Morgan fingerprint density at radius 2 is 2.00 bits per heavy atom. The first kappa shape index (κ1) is 15.4. The average molecular weight is 313 g/mol. The topological polar surface area (TPSA) is 20.3 Å². The number of benzene rings is 2. The molecule has 0 N–H and O–H groups in total. The van der Waals surface area contributed by atoms with Crippen LogP contribution in [0.1, 0.15) is 32.6 Å². The van der Waals surface area contributed by atoms with E-state index < -0.39 is 0 Å². The van der Waals surface area contributed by atoms with Crippen LogP contribution in [-0.4, -0.2) is 29.1 Å². The monoisotopic (exact) mass is 313 g/mol. The van der Waals surface area contributed by atoms with Crippen LogP contribution < -0.4 is 0 Å². The zero-order valence-corrected chi connectivity index (χ0v) is 13.9. The molecule has 1 saturated heterocycles. The quantitative estimate of drug-likeness (QED) is 0.761. The van der Waals surface area contributed by atoms with Gasteiger partial charge in [0.1, 0.15) is 0 Å². The first-order valence-corrected chi connectivity index (χ1v) is 9.17. The van der Waals surface area contributed by atoms with Crippen LogP contribution in [0.3, 0.4) is 0 Å². The Morgan fingerprint density at radius 3 is 2.82 bits per heavy atom. The third-order valence-electron chi connectivity index (χ3n) is 4.50. The van der Waals surface area contributed by atoms with Gasteiger partial charge in [-0.05, 0) is 48.6 Å². The van der Waals surface area contributed by atoms with Crippen LogP contribution in [0.2, 0.25) is 0 Å². The molecule has 116 valence electrons. The fourth-order valence-corrected chi connectivity index (χ4v) is 4.07. The van der Waals surface area contributed by atoms with Gasteiger partial charge in [-0.25, -0.2) is 0 Å². The highest BCUT2D eigenvalue weighted by atomic mass is 32.2. The Hall–Kier alpha value is -1.48. The third kappa shape index (κ3) is 3.46. The summed E-state index contributed by atoms with van der Waals surface area (Å²) in [5.74, 6) is 0.846. The highest BCUT2D eigenvalue weighted by Crippen LogP contribution is 2.25. The van der Waals surface area contributed by atoms with E-state index in [1.807, 2.05) is 0 Å². The smallest absolute Gasteiger partial charge is 0.233 e. The van der Waals surface area contributed by atoms with Crippen molar-refractivity contribution in [2.75, 3.05) is 12.3 Å². The van der Waals surface area contributed by atoms with Crippen LogP contribution in [0, 0.1) is 0 Å². The van der Waals surface area contributed by atoms with Crippen molar-refractivity contribution in [3.05, 3.63) is 42.5 Å². The second-order valence-corrected chi connectivity index (χ2v) is 6.99. The molecule has 0 radical (unpaired) electrons. The number of hydrogen-bond acceptors (Lipinski definition) is 2. The minimum absolute atomic E-state index is 0.296. The summed E-state index contributed by atoms with van der Waals surface area (Å²) in [7, 11) is 0. The van der Waals surface area contributed by atoms with E-state index in [1.165, 1.54) is 28.5 Å². The lowest BCUT2D eigenvalue weighted by atomic mass is 10.0. The van der Waals surface area contributed by atoms with Crippen LogP contribution in [0.15, 0.2) is 47.4 Å². The van der Waals surface area contributed by atoms with Crippen LogP contribution in [0.5, 0.6) is 0 Å². The van der Waals surface area contributed by atoms with Crippen LogP contribution in [-0.2, 0) is 4.79 Å². The largest absolute Gasteiger partial charge is 0.339 e. The van der Waals surface area contributed by atoms with E-state index >= 15 is 0 Å². The van der Waals surface area contributed by atoms with Crippen molar-refractivity contribution in [2.45, 2.75) is 43.5 Å². The SMILES string of the molecule is CCC1CCCCN1C(=O)CSc1ccc2ccccc2c1. The van der Waals surface area contributed by atoms with Crippen molar-refractivity contribution in [3.8, 4) is 0 Å². The molecule has 0 bridgehead atoms. The molecule has 3 heteroatoms. The Morgan fingerprint density at radius 1 is 1.18 bits per heavy atom. The number of piperidine rings is 1. The predicted molar refractivity (Wildman–Crippen MR) is 94.3 cm³/mol. The summed E-state index contributed by atoms with van der Waals surface area (Å²) in [6.07, 6.45) is 4.66. The zero-order chi connectivity index (χ0) is 15.4. The van der Waals surface area contributed by atoms with Crippen molar-refractivity contribution in [1.29, 1.82) is 0 Å². The number of carbonyl (C=O) groups excluding carboxylic acids is 1. The fourth-order valence-electron chi connectivity index (χ4n) is 3.24. The molecule has 0 aromatic heterocycles. The Labute approximate surface area is 136 Å². The van der Waals surface area contributed by atoms with Crippen molar-refractivity contribution in [2.24, 2.45) is 0 Å². The van der Waals surface area contributed by atoms with E-state index in [0.29, 0.717) is 17.7 Å². The van der Waals surface area contributed by atoms with E-state index in [2.05, 4.69) is 54.3 Å². The van der Waals surface area contributed by atoms with E-state index in [0.717, 1.165) is 19.4 Å². The molecule has 0 saturated carbocycles. The third-order valence-corrected chi connectivity index (χ3v) is 5.48. The first-order valence-electron chi connectivity index (χ1n) is 8.19. The van der Waals surface area contributed by atoms with Gasteiger partial charge in [0.15, 0.2) is 0 Å². The fraction of sp³-hybridized carbons (Fsp3) is 0.421. The summed E-state index contributed by atoms with van der Waals surface area (Å²) in [5, 5.41) is 2.49. The lowest BCUT2D eigenvalue weighted by molar-refractivity contribution is -0.132. The summed E-state index contributed by atoms with van der Waals surface area (Å²) in [6.45, 7) is 3.13. The number of thioether (sulfide) groups is 1. The maximum absolute atomic E-state index is 12.5. The number of amides is 1. The van der Waals surface area contributed by atoms with Gasteiger partial charge in [0.05, 0.1) is 5.75 Å². The second-order valence-electron chi connectivity index (χ2n) is 5.94. The molecule has 1 aliphatic heterocycles. The number of carbonyl (C=O) groups is 1. The van der Waals surface area contributed by atoms with Crippen molar-refractivity contribution < 1.29 is 4.79 Å². The zero-order valence-electron chi connectivity index (χ0n) is 13.1. The minimum atomic E-state index is 0.296. The van der Waals surface area contributed by atoms with Crippen LogP contribution in [0.4, 0.5) is 0 Å². The van der Waals surface area contributed by atoms with Gasteiger partial charge >= 0.3 is 0 Å². The molecule has 0 aliphatic carbocycles. The average Bonchev–Trinajstić information content (AvgIpc) is 2.59. The molecule has 0 spiro atoms. The molecule has 1 amide bonds. The molecule has 1 fully saturated rings. The molecule has 2 aromatic rings. The Kier molecular flexibility index (Phi) is 5.04. The van der Waals surface area contributed by atoms with Gasteiger partial charge in [-0.15, -0.1) is 11.8 Å². The number of likely N-dealkylation sites (tertiary alicyclic amines) is 1. The Bertz CT molecular complexity index is 655. The maximum Gasteiger partial charge on any atom is 0.233 e. The van der Waals surface area contributed by atoms with Gasteiger partial charge in [-0.2, -0.15) is 0 Å². The number of hydrogen-bond donors (Lipinski definition) is 0. The highest BCUT2D eigenvalue weighted by molar-refractivity contribution is 8.00. The van der Waals surface area contributed by atoms with Gasteiger partial charge in [-0.3, -0.25) is 4.79 Å². The lowest BCUT2D eigenvalue weighted by Crippen LogP contribution is -2.44. The molecule has 1 aliphatic rings. The van der Waals surface area contributed by atoms with Gasteiger partial charge in [0, 0.05) is 17.5 Å². The van der Waals surface area contributed by atoms with Crippen LogP contribution >= 0.6 is 11.8 Å². The summed E-state index contributed by atoms with van der Waals surface area (Å²) >= 11 is 1.66. The molecule has 22 heavy (non-hydrogen) atoms. The van der Waals surface area contributed by atoms with Gasteiger partial charge < -0.3 is 4.90 Å². The van der Waals surface area contributed by atoms with E-state index in [4.69, 9.17) is 0 Å². The molecular formula is C19H23NOS. The highest BCUT2D eigenvalue weighted by Gasteiger charge is 2.24. The first-order chi connectivity index (χ1) is 10.8. The van der Waals surface area contributed by atoms with E-state index in [1.54, 1.807) is 11.8 Å². The van der Waals surface area contributed by atoms with Crippen molar-refractivity contribution in [3.63, 3.8) is 0 Å².